The first-order valence-corrected chi connectivity index (χ1v) is 4.83. The molecule has 0 amide bonds. The van der Waals surface area contributed by atoms with E-state index in [9.17, 15) is 14.9 Å². The standard InChI is InChI=1S/C8H4N2O5S/c11-8(12)4-3-15-7(9-4)5-1-2-6(16-5)10(13)14/h1-3H,(H,11,12). The Hall–Kier alpha value is -2.22. The predicted molar refractivity (Wildman–Crippen MR) is 53.4 cm³/mol. The maximum atomic E-state index is 10.5. The minimum atomic E-state index is -1.21. The summed E-state index contributed by atoms with van der Waals surface area (Å²) in [4.78, 5) is 24.5. The van der Waals surface area contributed by atoms with Gasteiger partial charge in [-0.25, -0.2) is 9.78 Å². The van der Waals surface area contributed by atoms with Gasteiger partial charge in [-0.2, -0.15) is 0 Å². The Balaban J connectivity index is 2.35. The van der Waals surface area contributed by atoms with Crippen LogP contribution in [0.3, 0.4) is 0 Å². The van der Waals surface area contributed by atoms with E-state index in [2.05, 4.69) is 4.98 Å². The first kappa shape index (κ1) is 10.3. The molecule has 0 unspecified atom stereocenters. The molecule has 0 atom stereocenters. The zero-order valence-corrected chi connectivity index (χ0v) is 8.43. The Morgan fingerprint density at radius 3 is 2.81 bits per heavy atom. The second-order valence-corrected chi connectivity index (χ2v) is 3.80. The molecular weight excluding hydrogens is 236 g/mol. The van der Waals surface area contributed by atoms with Crippen LogP contribution in [-0.2, 0) is 0 Å². The number of carboxylic acid groups (broad SMARTS) is 1. The molecule has 0 bridgehead atoms. The first-order valence-electron chi connectivity index (χ1n) is 4.01. The average Bonchev–Trinajstić information content (AvgIpc) is 2.86. The Morgan fingerprint density at radius 2 is 2.31 bits per heavy atom. The van der Waals surface area contributed by atoms with Crippen molar-refractivity contribution in [2.24, 2.45) is 0 Å². The predicted octanol–water partition coefficient (Wildman–Crippen LogP) is 2.01. The molecule has 0 aliphatic heterocycles. The summed E-state index contributed by atoms with van der Waals surface area (Å²) in [6.07, 6.45) is 0.989. The largest absolute Gasteiger partial charge is 0.476 e. The molecule has 0 aromatic carbocycles. The number of aromatic nitrogens is 1. The molecule has 16 heavy (non-hydrogen) atoms. The molecule has 7 nitrogen and oxygen atoms in total. The maximum Gasteiger partial charge on any atom is 0.357 e. The van der Waals surface area contributed by atoms with E-state index in [1.165, 1.54) is 12.1 Å². The summed E-state index contributed by atoms with van der Waals surface area (Å²) in [6, 6.07) is 2.77. The lowest BCUT2D eigenvalue weighted by Crippen LogP contribution is -1.95. The van der Waals surface area contributed by atoms with Crippen molar-refractivity contribution < 1.29 is 19.2 Å². The van der Waals surface area contributed by atoms with Crippen LogP contribution in [0.15, 0.2) is 22.8 Å². The third-order valence-corrected chi connectivity index (χ3v) is 2.73. The van der Waals surface area contributed by atoms with Gasteiger partial charge in [0.05, 0.1) is 9.80 Å². The van der Waals surface area contributed by atoms with E-state index in [0.29, 0.717) is 4.88 Å². The summed E-state index contributed by atoms with van der Waals surface area (Å²) >= 11 is 0.871. The average molecular weight is 240 g/mol. The number of hydrogen-bond donors (Lipinski definition) is 1. The number of carbonyl (C=O) groups is 1. The van der Waals surface area contributed by atoms with Crippen molar-refractivity contribution in [2.75, 3.05) is 0 Å². The molecule has 0 saturated heterocycles. The van der Waals surface area contributed by atoms with Crippen molar-refractivity contribution in [1.82, 2.24) is 4.98 Å². The molecule has 0 aliphatic carbocycles. The number of aromatic carboxylic acids is 1. The third-order valence-electron chi connectivity index (χ3n) is 1.71. The highest BCUT2D eigenvalue weighted by atomic mass is 32.1. The van der Waals surface area contributed by atoms with Gasteiger partial charge in [0, 0.05) is 6.07 Å². The molecule has 1 N–H and O–H groups in total. The first-order chi connectivity index (χ1) is 7.58. The Morgan fingerprint density at radius 1 is 1.56 bits per heavy atom. The van der Waals surface area contributed by atoms with E-state index < -0.39 is 10.9 Å². The summed E-state index contributed by atoms with van der Waals surface area (Å²) in [6.45, 7) is 0. The third kappa shape index (κ3) is 1.77. The number of carboxylic acids is 1. The second kappa shape index (κ2) is 3.74. The van der Waals surface area contributed by atoms with Crippen LogP contribution < -0.4 is 0 Å². The fraction of sp³-hybridized carbons (Fsp3) is 0. The molecule has 2 aromatic heterocycles. The molecule has 2 aromatic rings. The number of nitrogens with zero attached hydrogens (tertiary/aromatic N) is 2. The van der Waals surface area contributed by atoms with Gasteiger partial charge in [0.2, 0.25) is 5.89 Å². The fourth-order valence-corrected chi connectivity index (χ4v) is 1.78. The smallest absolute Gasteiger partial charge is 0.357 e. The van der Waals surface area contributed by atoms with E-state index in [4.69, 9.17) is 9.52 Å². The van der Waals surface area contributed by atoms with Crippen LogP contribution in [0.4, 0.5) is 5.00 Å². The van der Waals surface area contributed by atoms with E-state index in [1.54, 1.807) is 0 Å². The van der Waals surface area contributed by atoms with Crippen molar-refractivity contribution >= 4 is 22.3 Å². The Labute approximate surface area is 92.1 Å². The monoisotopic (exact) mass is 240 g/mol. The molecule has 0 saturated carbocycles. The molecule has 0 fully saturated rings. The maximum absolute atomic E-state index is 10.5. The fourth-order valence-electron chi connectivity index (χ4n) is 1.03. The molecule has 0 aliphatic rings. The number of hydrogen-bond acceptors (Lipinski definition) is 6. The van der Waals surface area contributed by atoms with Crippen molar-refractivity contribution in [2.45, 2.75) is 0 Å². The van der Waals surface area contributed by atoms with Crippen LogP contribution in [0.25, 0.3) is 10.8 Å². The van der Waals surface area contributed by atoms with Gasteiger partial charge in [-0.1, -0.05) is 11.3 Å². The summed E-state index contributed by atoms with van der Waals surface area (Å²) in [5, 5.41) is 19.0. The van der Waals surface area contributed by atoms with Crippen LogP contribution in [0.5, 0.6) is 0 Å². The quantitative estimate of drug-likeness (QED) is 0.649. The second-order valence-electron chi connectivity index (χ2n) is 2.74. The molecule has 0 spiro atoms. The summed E-state index contributed by atoms with van der Waals surface area (Å²) < 4.78 is 4.90. The zero-order chi connectivity index (χ0) is 11.7. The number of thiophene rings is 1. The van der Waals surface area contributed by atoms with Crippen molar-refractivity contribution in [3.63, 3.8) is 0 Å². The molecule has 0 radical (unpaired) electrons. The molecule has 2 rings (SSSR count). The van der Waals surface area contributed by atoms with Gasteiger partial charge >= 0.3 is 11.0 Å². The van der Waals surface area contributed by atoms with E-state index in [-0.39, 0.29) is 16.6 Å². The van der Waals surface area contributed by atoms with Gasteiger partial charge in [-0.15, -0.1) is 0 Å². The lowest BCUT2D eigenvalue weighted by atomic mass is 10.4. The SMILES string of the molecule is O=C(O)c1coc(-c2ccc([N+](=O)[O-])s2)n1. The minimum Gasteiger partial charge on any atom is -0.476 e. The molecule has 82 valence electrons. The highest BCUT2D eigenvalue weighted by molar-refractivity contribution is 7.18. The van der Waals surface area contributed by atoms with Gasteiger partial charge in [0.1, 0.15) is 6.26 Å². The Bertz CT molecular complexity index is 508. The molecule has 2 heterocycles. The Kier molecular flexibility index (Phi) is 2.41. The number of rotatable bonds is 3. The van der Waals surface area contributed by atoms with E-state index in [1.807, 2.05) is 0 Å². The zero-order valence-electron chi connectivity index (χ0n) is 7.61. The topological polar surface area (TPSA) is 106 Å². The van der Waals surface area contributed by atoms with Crippen LogP contribution >= 0.6 is 11.3 Å². The lowest BCUT2D eigenvalue weighted by Gasteiger charge is -1.84. The van der Waals surface area contributed by atoms with Gasteiger partial charge in [-0.3, -0.25) is 10.1 Å². The highest BCUT2D eigenvalue weighted by Gasteiger charge is 2.16. The minimum absolute atomic E-state index is 0.0509. The number of nitro groups is 1. The lowest BCUT2D eigenvalue weighted by molar-refractivity contribution is -0.380. The van der Waals surface area contributed by atoms with E-state index in [0.717, 1.165) is 17.6 Å². The molecule has 8 heteroatoms. The van der Waals surface area contributed by atoms with E-state index >= 15 is 0 Å². The van der Waals surface area contributed by atoms with Gasteiger partial charge < -0.3 is 9.52 Å². The van der Waals surface area contributed by atoms with Gasteiger partial charge in [0.25, 0.3) is 0 Å². The van der Waals surface area contributed by atoms with Crippen molar-refractivity contribution in [1.29, 1.82) is 0 Å². The van der Waals surface area contributed by atoms with Crippen LogP contribution in [0.2, 0.25) is 0 Å². The highest BCUT2D eigenvalue weighted by Crippen LogP contribution is 2.31. The normalized spacial score (nSPS) is 10.2. The number of oxazole rings is 1. The van der Waals surface area contributed by atoms with Gasteiger partial charge in [-0.05, 0) is 6.07 Å². The van der Waals surface area contributed by atoms with Crippen LogP contribution in [0.1, 0.15) is 10.5 Å². The van der Waals surface area contributed by atoms with Crippen LogP contribution in [-0.4, -0.2) is 21.0 Å². The van der Waals surface area contributed by atoms with Crippen molar-refractivity contribution in [3.8, 4) is 10.8 Å². The summed E-state index contributed by atoms with van der Waals surface area (Å²) in [7, 11) is 0. The summed E-state index contributed by atoms with van der Waals surface area (Å²) in [5.74, 6) is -1.14. The summed E-state index contributed by atoms with van der Waals surface area (Å²) in [5.41, 5.74) is -0.231. The van der Waals surface area contributed by atoms with Crippen molar-refractivity contribution in [3.05, 3.63) is 34.2 Å². The molecular formula is C8H4N2O5S. The van der Waals surface area contributed by atoms with Gasteiger partial charge in [0.15, 0.2) is 5.69 Å². The van der Waals surface area contributed by atoms with Crippen LogP contribution in [0, 0.1) is 10.1 Å².